The van der Waals surface area contributed by atoms with Gasteiger partial charge in [-0.2, -0.15) is 0 Å². The molecule has 0 unspecified atom stereocenters. The van der Waals surface area contributed by atoms with E-state index in [1.807, 2.05) is 13.8 Å². The Morgan fingerprint density at radius 1 is 1.07 bits per heavy atom. The van der Waals surface area contributed by atoms with Crippen LogP contribution in [0.25, 0.3) is 0 Å². The van der Waals surface area contributed by atoms with E-state index in [9.17, 15) is 13.2 Å². The van der Waals surface area contributed by atoms with Crippen LogP contribution in [0.15, 0.2) is 41.3 Å². The quantitative estimate of drug-likeness (QED) is 0.677. The van der Waals surface area contributed by atoms with Crippen LogP contribution in [0.5, 0.6) is 11.5 Å². The Kier molecular flexibility index (Phi) is 7.04. The third-order valence-corrected chi connectivity index (χ3v) is 5.35. The van der Waals surface area contributed by atoms with Crippen LogP contribution in [0.1, 0.15) is 35.3 Å². The molecule has 0 heterocycles. The number of nitrogens with one attached hydrogen (secondary N) is 1. The molecule has 2 aromatic carbocycles. The summed E-state index contributed by atoms with van der Waals surface area (Å²) >= 11 is 0. The number of carbonyl (C=O) groups excluding carboxylic acids is 1. The Morgan fingerprint density at radius 3 is 2.32 bits per heavy atom. The number of aryl methyl sites for hydroxylation is 1. The summed E-state index contributed by atoms with van der Waals surface area (Å²) < 4.78 is 43.3. The van der Waals surface area contributed by atoms with Gasteiger partial charge in [-0.3, -0.25) is 0 Å². The van der Waals surface area contributed by atoms with Crippen molar-refractivity contribution in [3.05, 3.63) is 53.1 Å². The minimum absolute atomic E-state index is 0.00152. The van der Waals surface area contributed by atoms with Crippen molar-refractivity contribution in [2.45, 2.75) is 38.3 Å². The summed E-state index contributed by atoms with van der Waals surface area (Å²) in [5.74, 6) is 0.444. The summed E-state index contributed by atoms with van der Waals surface area (Å²) in [5, 5.41) is 0. The minimum atomic E-state index is -3.73. The van der Waals surface area contributed by atoms with E-state index in [4.69, 9.17) is 14.2 Å². The second kappa shape index (κ2) is 9.07. The maximum absolute atomic E-state index is 12.6. The van der Waals surface area contributed by atoms with Crippen molar-refractivity contribution < 1.29 is 27.4 Å². The lowest BCUT2D eigenvalue weighted by Crippen LogP contribution is -2.23. The number of rotatable bonds is 8. The van der Waals surface area contributed by atoms with Gasteiger partial charge in [0.1, 0.15) is 17.1 Å². The lowest BCUT2D eigenvalue weighted by Gasteiger charge is -2.14. The first kappa shape index (κ1) is 21.7. The zero-order valence-electron chi connectivity index (χ0n) is 16.6. The van der Waals surface area contributed by atoms with Crippen LogP contribution in [-0.2, 0) is 21.3 Å². The van der Waals surface area contributed by atoms with E-state index in [2.05, 4.69) is 4.72 Å². The largest absolute Gasteiger partial charge is 0.496 e. The highest BCUT2D eigenvalue weighted by molar-refractivity contribution is 7.89. The van der Waals surface area contributed by atoms with Crippen LogP contribution in [0.2, 0.25) is 0 Å². The van der Waals surface area contributed by atoms with Gasteiger partial charge < -0.3 is 14.2 Å². The molecule has 0 aliphatic heterocycles. The number of benzene rings is 2. The fourth-order valence-corrected chi connectivity index (χ4v) is 3.67. The van der Waals surface area contributed by atoms with Gasteiger partial charge in [0.15, 0.2) is 0 Å². The zero-order valence-corrected chi connectivity index (χ0v) is 17.4. The Hall–Kier alpha value is -2.58. The molecule has 8 heteroatoms. The normalized spacial score (nSPS) is 11.4. The zero-order chi connectivity index (χ0) is 20.9. The lowest BCUT2D eigenvalue weighted by atomic mass is 10.1. The Labute approximate surface area is 165 Å². The van der Waals surface area contributed by atoms with E-state index >= 15 is 0 Å². The molecule has 0 spiro atoms. The molecule has 2 aromatic rings. The summed E-state index contributed by atoms with van der Waals surface area (Å²) in [5.41, 5.74) is 1.56. The van der Waals surface area contributed by atoms with Crippen molar-refractivity contribution in [1.82, 2.24) is 4.72 Å². The van der Waals surface area contributed by atoms with Gasteiger partial charge in [-0.05, 0) is 62.2 Å². The average Bonchev–Trinajstić information content (AvgIpc) is 2.66. The number of carbonyl (C=O) groups is 1. The summed E-state index contributed by atoms with van der Waals surface area (Å²) in [6.07, 6.45) is -0.00152. The monoisotopic (exact) mass is 407 g/mol. The Morgan fingerprint density at radius 2 is 1.75 bits per heavy atom. The van der Waals surface area contributed by atoms with Crippen molar-refractivity contribution in [2.24, 2.45) is 0 Å². The van der Waals surface area contributed by atoms with Gasteiger partial charge in [0.05, 0.1) is 25.2 Å². The molecule has 152 valence electrons. The molecule has 0 aliphatic rings. The van der Waals surface area contributed by atoms with Crippen LogP contribution in [-0.4, -0.2) is 34.7 Å². The maximum Gasteiger partial charge on any atom is 0.341 e. The number of sulfonamides is 1. The SMILES string of the molecule is COC(=O)c1cc(CNS(=O)(=O)c2ccc(OC(C)C)c(C)c2)ccc1OC. The fraction of sp³-hybridized carbons (Fsp3) is 0.350. The van der Waals surface area contributed by atoms with Crippen molar-refractivity contribution in [3.63, 3.8) is 0 Å². The van der Waals surface area contributed by atoms with Crippen LogP contribution in [0, 0.1) is 6.92 Å². The number of hydrogen-bond donors (Lipinski definition) is 1. The molecule has 2 rings (SSSR count). The minimum Gasteiger partial charge on any atom is -0.496 e. The van der Waals surface area contributed by atoms with Gasteiger partial charge in [-0.25, -0.2) is 17.9 Å². The Bertz CT molecular complexity index is 953. The molecule has 0 radical (unpaired) electrons. The molecule has 0 amide bonds. The first-order chi connectivity index (χ1) is 13.2. The Balaban J connectivity index is 2.19. The van der Waals surface area contributed by atoms with Gasteiger partial charge in [0.2, 0.25) is 10.0 Å². The van der Waals surface area contributed by atoms with Crippen molar-refractivity contribution in [3.8, 4) is 11.5 Å². The molecule has 0 bridgehead atoms. The van der Waals surface area contributed by atoms with Gasteiger partial charge in [0, 0.05) is 6.54 Å². The standard InChI is InChI=1S/C20H25NO6S/c1-13(2)27-18-9-7-16(10-14(18)3)28(23,24)21-12-15-6-8-19(25-4)17(11-15)20(22)26-5/h6-11,13,21H,12H2,1-5H3. The van der Waals surface area contributed by atoms with Gasteiger partial charge in [-0.1, -0.05) is 6.07 Å². The smallest absolute Gasteiger partial charge is 0.341 e. The van der Waals surface area contributed by atoms with E-state index in [1.165, 1.54) is 26.4 Å². The van der Waals surface area contributed by atoms with Gasteiger partial charge >= 0.3 is 5.97 Å². The van der Waals surface area contributed by atoms with E-state index in [0.717, 1.165) is 5.56 Å². The highest BCUT2D eigenvalue weighted by atomic mass is 32.2. The molecule has 0 fully saturated rings. The van der Waals surface area contributed by atoms with E-state index in [-0.39, 0.29) is 23.1 Å². The highest BCUT2D eigenvalue weighted by Crippen LogP contribution is 2.24. The topological polar surface area (TPSA) is 90.9 Å². The van der Waals surface area contributed by atoms with Gasteiger partial charge in [-0.15, -0.1) is 0 Å². The molecule has 0 aromatic heterocycles. The number of hydrogen-bond acceptors (Lipinski definition) is 6. The maximum atomic E-state index is 12.6. The van der Waals surface area contributed by atoms with E-state index in [1.54, 1.807) is 31.2 Å². The molecular formula is C20H25NO6S. The molecule has 7 nitrogen and oxygen atoms in total. The second-order valence-corrected chi connectivity index (χ2v) is 8.21. The number of esters is 1. The molecule has 0 aliphatic carbocycles. The third kappa shape index (κ3) is 5.24. The van der Waals surface area contributed by atoms with Crippen molar-refractivity contribution in [2.75, 3.05) is 14.2 Å². The summed E-state index contributed by atoms with van der Waals surface area (Å²) in [6, 6.07) is 9.52. The summed E-state index contributed by atoms with van der Waals surface area (Å²) in [4.78, 5) is 12.0. The predicted molar refractivity (Wildman–Crippen MR) is 105 cm³/mol. The molecule has 0 atom stereocenters. The van der Waals surface area contributed by atoms with Crippen molar-refractivity contribution in [1.29, 1.82) is 0 Å². The van der Waals surface area contributed by atoms with Gasteiger partial charge in [0.25, 0.3) is 0 Å². The van der Waals surface area contributed by atoms with E-state index in [0.29, 0.717) is 17.1 Å². The summed E-state index contributed by atoms with van der Waals surface area (Å²) in [6.45, 7) is 5.62. The lowest BCUT2D eigenvalue weighted by molar-refractivity contribution is 0.0597. The molecule has 28 heavy (non-hydrogen) atoms. The van der Waals surface area contributed by atoms with Crippen LogP contribution >= 0.6 is 0 Å². The van der Waals surface area contributed by atoms with Crippen LogP contribution < -0.4 is 14.2 Å². The van der Waals surface area contributed by atoms with E-state index < -0.39 is 16.0 Å². The molecule has 1 N–H and O–H groups in total. The number of ether oxygens (including phenoxy) is 3. The summed E-state index contributed by atoms with van der Waals surface area (Å²) in [7, 11) is -1.02. The van der Waals surface area contributed by atoms with Crippen molar-refractivity contribution >= 4 is 16.0 Å². The third-order valence-electron chi connectivity index (χ3n) is 3.95. The van der Waals surface area contributed by atoms with Crippen LogP contribution in [0.4, 0.5) is 0 Å². The highest BCUT2D eigenvalue weighted by Gasteiger charge is 2.18. The number of methoxy groups -OCH3 is 2. The molecule has 0 saturated heterocycles. The average molecular weight is 407 g/mol. The fourth-order valence-electron chi connectivity index (χ4n) is 2.57. The molecule has 0 saturated carbocycles. The molecular weight excluding hydrogens is 382 g/mol. The second-order valence-electron chi connectivity index (χ2n) is 6.44. The van der Waals surface area contributed by atoms with Crippen LogP contribution in [0.3, 0.4) is 0 Å². The predicted octanol–water partition coefficient (Wildman–Crippen LogP) is 3.06. The first-order valence-electron chi connectivity index (χ1n) is 8.70. The first-order valence-corrected chi connectivity index (χ1v) is 10.2.